The van der Waals surface area contributed by atoms with Gasteiger partial charge >= 0.3 is 5.97 Å². The Kier molecular flexibility index (Phi) is 9.00. The molecule has 0 atom stereocenters. The van der Waals surface area contributed by atoms with Crippen LogP contribution in [-0.2, 0) is 14.8 Å². The lowest BCUT2D eigenvalue weighted by atomic mass is 10.2. The highest BCUT2D eigenvalue weighted by atomic mass is 32.2. The largest absolute Gasteiger partial charge is 0.481 e. The Bertz CT molecular complexity index is 378. The summed E-state index contributed by atoms with van der Waals surface area (Å²) in [5.74, 6) is -1.19. The minimum absolute atomic E-state index is 0.214. The fourth-order valence-electron chi connectivity index (χ4n) is 1.89. The lowest BCUT2D eigenvalue weighted by Crippen LogP contribution is -2.41. The number of rotatable bonds is 11. The van der Waals surface area contributed by atoms with Crippen LogP contribution in [0.3, 0.4) is 0 Å². The second-order valence-electron chi connectivity index (χ2n) is 5.24. The van der Waals surface area contributed by atoms with E-state index in [9.17, 15) is 13.2 Å². The van der Waals surface area contributed by atoms with E-state index in [4.69, 9.17) is 5.11 Å². The van der Waals surface area contributed by atoms with E-state index in [2.05, 4.69) is 4.90 Å². The summed E-state index contributed by atoms with van der Waals surface area (Å²) < 4.78 is 25.8. The van der Waals surface area contributed by atoms with Gasteiger partial charge in [0.15, 0.2) is 0 Å². The predicted octanol–water partition coefficient (Wildman–Crippen LogP) is 1.09. The molecule has 0 aromatic carbocycles. The van der Waals surface area contributed by atoms with Gasteiger partial charge in [0.2, 0.25) is 10.0 Å². The third-order valence-corrected chi connectivity index (χ3v) is 4.93. The van der Waals surface area contributed by atoms with Gasteiger partial charge < -0.3 is 10.0 Å². The standard InChI is InChI=1S/C13H28N2O4S/c1-5-14(6-2)8-9-15(11-12(3)4)20(18,19)10-7-13(16)17/h12H,5-11H2,1-4H3,(H,16,17). The highest BCUT2D eigenvalue weighted by Gasteiger charge is 2.23. The fourth-order valence-corrected chi connectivity index (χ4v) is 3.47. The summed E-state index contributed by atoms with van der Waals surface area (Å²) in [5.41, 5.74) is 0. The van der Waals surface area contributed by atoms with E-state index >= 15 is 0 Å². The normalized spacial score (nSPS) is 12.6. The summed E-state index contributed by atoms with van der Waals surface area (Å²) in [6.07, 6.45) is -0.345. The Morgan fingerprint density at radius 2 is 1.70 bits per heavy atom. The van der Waals surface area contributed by atoms with Gasteiger partial charge in [-0.1, -0.05) is 27.7 Å². The molecule has 0 aliphatic carbocycles. The zero-order chi connectivity index (χ0) is 15.8. The number of hydrogen-bond acceptors (Lipinski definition) is 4. The highest BCUT2D eigenvalue weighted by Crippen LogP contribution is 2.08. The topological polar surface area (TPSA) is 77.9 Å². The molecule has 0 aromatic heterocycles. The van der Waals surface area contributed by atoms with E-state index in [1.165, 1.54) is 4.31 Å². The molecule has 0 amide bonds. The van der Waals surface area contributed by atoms with Crippen molar-refractivity contribution in [3.05, 3.63) is 0 Å². The molecule has 120 valence electrons. The fraction of sp³-hybridized carbons (Fsp3) is 0.923. The molecule has 0 aliphatic rings. The molecule has 0 fully saturated rings. The molecule has 0 bridgehead atoms. The summed E-state index contributed by atoms with van der Waals surface area (Å²) in [5, 5.41) is 8.64. The van der Waals surface area contributed by atoms with Gasteiger partial charge in [-0.3, -0.25) is 4.79 Å². The third kappa shape index (κ3) is 7.81. The number of hydrogen-bond donors (Lipinski definition) is 1. The number of nitrogens with zero attached hydrogens (tertiary/aromatic N) is 2. The molecule has 7 heteroatoms. The quantitative estimate of drug-likeness (QED) is 0.618. The maximum absolute atomic E-state index is 12.2. The zero-order valence-corrected chi connectivity index (χ0v) is 13.8. The Balaban J connectivity index is 4.72. The Morgan fingerprint density at radius 1 is 1.15 bits per heavy atom. The Hall–Kier alpha value is -0.660. The van der Waals surface area contributed by atoms with Crippen LogP contribution < -0.4 is 0 Å². The molecule has 20 heavy (non-hydrogen) atoms. The third-order valence-electron chi connectivity index (χ3n) is 3.10. The number of carboxylic acids is 1. The van der Waals surface area contributed by atoms with Crippen molar-refractivity contribution in [3.63, 3.8) is 0 Å². The van der Waals surface area contributed by atoms with Gasteiger partial charge in [0.25, 0.3) is 0 Å². The van der Waals surface area contributed by atoms with Crippen LogP contribution in [0.4, 0.5) is 0 Å². The minimum Gasteiger partial charge on any atom is -0.481 e. The highest BCUT2D eigenvalue weighted by molar-refractivity contribution is 7.89. The van der Waals surface area contributed by atoms with Crippen molar-refractivity contribution in [3.8, 4) is 0 Å². The van der Waals surface area contributed by atoms with Gasteiger partial charge in [-0.15, -0.1) is 0 Å². The van der Waals surface area contributed by atoms with Crippen molar-refractivity contribution >= 4 is 16.0 Å². The molecule has 0 aliphatic heterocycles. The number of sulfonamides is 1. The zero-order valence-electron chi connectivity index (χ0n) is 13.0. The molecule has 0 heterocycles. The molecule has 0 radical (unpaired) electrons. The van der Waals surface area contributed by atoms with Gasteiger partial charge in [-0.05, 0) is 19.0 Å². The van der Waals surface area contributed by atoms with E-state index in [-0.39, 0.29) is 18.1 Å². The van der Waals surface area contributed by atoms with Crippen molar-refractivity contribution < 1.29 is 18.3 Å². The number of carboxylic acid groups (broad SMARTS) is 1. The van der Waals surface area contributed by atoms with E-state index in [0.717, 1.165) is 13.1 Å². The molecule has 1 N–H and O–H groups in total. The van der Waals surface area contributed by atoms with Crippen LogP contribution in [0.25, 0.3) is 0 Å². The molecule has 0 aromatic rings. The Labute approximate surface area is 122 Å². The average molecular weight is 308 g/mol. The maximum Gasteiger partial charge on any atom is 0.304 e. The number of aliphatic carboxylic acids is 1. The van der Waals surface area contributed by atoms with Gasteiger partial charge in [-0.25, -0.2) is 12.7 Å². The molecular weight excluding hydrogens is 280 g/mol. The molecule has 0 saturated carbocycles. The lowest BCUT2D eigenvalue weighted by Gasteiger charge is -2.27. The molecular formula is C13H28N2O4S. The second-order valence-corrected chi connectivity index (χ2v) is 7.33. The summed E-state index contributed by atoms with van der Waals surface area (Å²) in [6, 6.07) is 0. The van der Waals surface area contributed by atoms with Crippen molar-refractivity contribution in [2.24, 2.45) is 5.92 Å². The number of carbonyl (C=O) groups is 1. The summed E-state index contributed by atoms with van der Waals surface area (Å²) >= 11 is 0. The molecule has 6 nitrogen and oxygen atoms in total. The summed E-state index contributed by atoms with van der Waals surface area (Å²) in [6.45, 7) is 11.3. The van der Waals surface area contributed by atoms with Crippen LogP contribution in [0.2, 0.25) is 0 Å². The summed E-state index contributed by atoms with van der Waals surface area (Å²) in [7, 11) is -3.50. The molecule has 0 unspecified atom stereocenters. The smallest absolute Gasteiger partial charge is 0.304 e. The van der Waals surface area contributed by atoms with Crippen LogP contribution in [0.1, 0.15) is 34.1 Å². The van der Waals surface area contributed by atoms with Crippen LogP contribution in [0.15, 0.2) is 0 Å². The lowest BCUT2D eigenvalue weighted by molar-refractivity contribution is -0.136. The molecule has 0 rings (SSSR count). The van der Waals surface area contributed by atoms with Gasteiger partial charge in [0.05, 0.1) is 12.2 Å². The van der Waals surface area contributed by atoms with Crippen molar-refractivity contribution in [1.29, 1.82) is 0 Å². The van der Waals surface area contributed by atoms with Gasteiger partial charge in [0.1, 0.15) is 0 Å². The monoisotopic (exact) mass is 308 g/mol. The SMILES string of the molecule is CCN(CC)CCN(CC(C)C)S(=O)(=O)CCC(=O)O. The predicted molar refractivity (Wildman–Crippen MR) is 80.2 cm³/mol. The van der Waals surface area contributed by atoms with Crippen LogP contribution in [0, 0.1) is 5.92 Å². The molecule has 0 saturated heterocycles. The first-order valence-corrected chi connectivity index (χ1v) is 8.75. The molecule has 0 spiro atoms. The van der Waals surface area contributed by atoms with Crippen molar-refractivity contribution in [1.82, 2.24) is 9.21 Å². The van der Waals surface area contributed by atoms with E-state index in [1.54, 1.807) is 0 Å². The van der Waals surface area contributed by atoms with Gasteiger partial charge in [0, 0.05) is 19.6 Å². The van der Waals surface area contributed by atoms with Crippen molar-refractivity contribution in [2.75, 3.05) is 38.5 Å². The van der Waals surface area contributed by atoms with Gasteiger partial charge in [-0.2, -0.15) is 0 Å². The van der Waals surface area contributed by atoms with E-state index in [1.807, 2.05) is 27.7 Å². The van der Waals surface area contributed by atoms with E-state index < -0.39 is 16.0 Å². The average Bonchev–Trinajstić information content (AvgIpc) is 2.35. The van der Waals surface area contributed by atoms with Crippen LogP contribution >= 0.6 is 0 Å². The van der Waals surface area contributed by atoms with Crippen LogP contribution in [0.5, 0.6) is 0 Å². The first-order valence-electron chi connectivity index (χ1n) is 7.14. The van der Waals surface area contributed by atoms with E-state index in [0.29, 0.717) is 19.6 Å². The Morgan fingerprint density at radius 3 is 2.10 bits per heavy atom. The summed E-state index contributed by atoms with van der Waals surface area (Å²) in [4.78, 5) is 12.7. The maximum atomic E-state index is 12.2. The second kappa shape index (κ2) is 9.31. The number of likely N-dealkylation sites (N-methyl/N-ethyl adjacent to an activating group) is 1. The first kappa shape index (κ1) is 19.3. The minimum atomic E-state index is -3.50. The van der Waals surface area contributed by atoms with Crippen LogP contribution in [-0.4, -0.2) is 67.2 Å². The first-order chi connectivity index (χ1) is 9.22. The van der Waals surface area contributed by atoms with Crippen molar-refractivity contribution in [2.45, 2.75) is 34.1 Å².